The molecule has 17 heavy (non-hydrogen) atoms. The zero-order chi connectivity index (χ0) is 12.3. The highest BCUT2D eigenvalue weighted by atomic mass is 16.3. The van der Waals surface area contributed by atoms with E-state index in [1.807, 2.05) is 12.1 Å². The van der Waals surface area contributed by atoms with Gasteiger partial charge in [0.1, 0.15) is 11.5 Å². The van der Waals surface area contributed by atoms with Crippen molar-refractivity contribution in [1.82, 2.24) is 9.88 Å². The monoisotopic (exact) mass is 233 g/mol. The number of amides is 1. The summed E-state index contributed by atoms with van der Waals surface area (Å²) in [6.07, 6.45) is 4.01. The summed E-state index contributed by atoms with van der Waals surface area (Å²) in [6.45, 7) is 0.539. The Bertz CT molecular complexity index is 500. The molecule has 2 aromatic rings. The molecule has 0 saturated carbocycles. The molecule has 0 fully saturated rings. The van der Waals surface area contributed by atoms with Gasteiger partial charge in [0, 0.05) is 26.2 Å². The Morgan fingerprint density at radius 1 is 1.59 bits per heavy atom. The van der Waals surface area contributed by atoms with Gasteiger partial charge in [-0.05, 0) is 18.2 Å². The second-order valence-corrected chi connectivity index (χ2v) is 3.85. The molecule has 0 unspecified atom stereocenters. The first-order valence-corrected chi connectivity index (χ1v) is 5.39. The molecule has 3 N–H and O–H groups in total. The number of hydrogen-bond donors (Lipinski definition) is 2. The van der Waals surface area contributed by atoms with Gasteiger partial charge < -0.3 is 20.0 Å². The Hall–Kier alpha value is -2.17. The fourth-order valence-corrected chi connectivity index (χ4v) is 1.66. The van der Waals surface area contributed by atoms with E-state index in [9.17, 15) is 4.79 Å². The second-order valence-electron chi connectivity index (χ2n) is 3.85. The summed E-state index contributed by atoms with van der Waals surface area (Å²) in [5, 5.41) is 2.82. The normalized spacial score (nSPS) is 10.4. The number of nitrogens with one attached hydrogen (secondary N) is 1. The quantitative estimate of drug-likeness (QED) is 0.832. The van der Waals surface area contributed by atoms with Crippen LogP contribution in [0.2, 0.25) is 0 Å². The van der Waals surface area contributed by atoms with Crippen molar-refractivity contribution in [1.29, 1.82) is 0 Å². The highest BCUT2D eigenvalue weighted by Crippen LogP contribution is 2.08. The van der Waals surface area contributed by atoms with Gasteiger partial charge in [-0.15, -0.1) is 0 Å². The third-order valence-electron chi connectivity index (χ3n) is 2.50. The fourth-order valence-electron chi connectivity index (χ4n) is 1.66. The molecule has 0 atom stereocenters. The zero-order valence-corrected chi connectivity index (χ0v) is 9.64. The summed E-state index contributed by atoms with van der Waals surface area (Å²) in [5.41, 5.74) is 6.75. The zero-order valence-electron chi connectivity index (χ0n) is 9.64. The van der Waals surface area contributed by atoms with Crippen LogP contribution in [0.5, 0.6) is 0 Å². The molecule has 0 aromatic carbocycles. The lowest BCUT2D eigenvalue weighted by Crippen LogP contribution is -2.27. The highest BCUT2D eigenvalue weighted by Gasteiger charge is 2.10. The van der Waals surface area contributed by atoms with Crippen molar-refractivity contribution in [2.24, 2.45) is 7.05 Å². The number of aryl methyl sites for hydroxylation is 1. The number of furan rings is 1. The van der Waals surface area contributed by atoms with Gasteiger partial charge in [0.2, 0.25) is 0 Å². The SMILES string of the molecule is Cn1cc(N)cc1C(=O)NCCc1ccco1. The van der Waals surface area contributed by atoms with E-state index in [4.69, 9.17) is 10.2 Å². The fraction of sp³-hybridized carbons (Fsp3) is 0.250. The summed E-state index contributed by atoms with van der Waals surface area (Å²) in [7, 11) is 1.79. The number of rotatable bonds is 4. The van der Waals surface area contributed by atoms with Crippen molar-refractivity contribution in [2.75, 3.05) is 12.3 Å². The van der Waals surface area contributed by atoms with Gasteiger partial charge in [-0.25, -0.2) is 0 Å². The van der Waals surface area contributed by atoms with Crippen LogP contribution in [0, 0.1) is 0 Å². The van der Waals surface area contributed by atoms with E-state index in [1.54, 1.807) is 30.1 Å². The molecule has 2 rings (SSSR count). The summed E-state index contributed by atoms with van der Waals surface area (Å²) >= 11 is 0. The van der Waals surface area contributed by atoms with Gasteiger partial charge in [0.05, 0.1) is 12.0 Å². The summed E-state index contributed by atoms with van der Waals surface area (Å²) in [6, 6.07) is 5.37. The van der Waals surface area contributed by atoms with Crippen molar-refractivity contribution in [2.45, 2.75) is 6.42 Å². The van der Waals surface area contributed by atoms with Crippen LogP contribution < -0.4 is 11.1 Å². The van der Waals surface area contributed by atoms with Gasteiger partial charge in [-0.3, -0.25) is 4.79 Å². The van der Waals surface area contributed by atoms with Crippen LogP contribution in [0.25, 0.3) is 0 Å². The minimum atomic E-state index is -0.129. The number of nitrogen functional groups attached to an aromatic ring is 1. The third-order valence-corrected chi connectivity index (χ3v) is 2.50. The van der Waals surface area contributed by atoms with Crippen LogP contribution >= 0.6 is 0 Å². The van der Waals surface area contributed by atoms with Gasteiger partial charge in [0.15, 0.2) is 0 Å². The predicted molar refractivity (Wildman–Crippen MR) is 64.6 cm³/mol. The van der Waals surface area contributed by atoms with Gasteiger partial charge >= 0.3 is 0 Å². The number of aromatic nitrogens is 1. The van der Waals surface area contributed by atoms with E-state index in [2.05, 4.69) is 5.32 Å². The first-order chi connectivity index (χ1) is 8.16. The molecule has 5 heteroatoms. The molecule has 0 aliphatic carbocycles. The summed E-state index contributed by atoms with van der Waals surface area (Å²) in [4.78, 5) is 11.8. The Labute approximate surface area is 99.2 Å². The molecule has 0 spiro atoms. The molecule has 0 bridgehead atoms. The van der Waals surface area contributed by atoms with Gasteiger partial charge in [0.25, 0.3) is 5.91 Å². The number of nitrogens with zero attached hydrogens (tertiary/aromatic N) is 1. The number of hydrogen-bond acceptors (Lipinski definition) is 3. The molecule has 0 aliphatic rings. The number of carbonyl (C=O) groups is 1. The van der Waals surface area contributed by atoms with Crippen molar-refractivity contribution in [3.8, 4) is 0 Å². The largest absolute Gasteiger partial charge is 0.469 e. The van der Waals surface area contributed by atoms with Crippen LogP contribution in [-0.4, -0.2) is 17.0 Å². The number of anilines is 1. The molecule has 2 aromatic heterocycles. The van der Waals surface area contributed by atoms with E-state index in [0.717, 1.165) is 5.76 Å². The lowest BCUT2D eigenvalue weighted by molar-refractivity contribution is 0.0945. The van der Waals surface area contributed by atoms with E-state index >= 15 is 0 Å². The second kappa shape index (κ2) is 4.78. The number of carbonyl (C=O) groups excluding carboxylic acids is 1. The maximum atomic E-state index is 11.8. The van der Waals surface area contributed by atoms with Crippen molar-refractivity contribution >= 4 is 11.6 Å². The average molecular weight is 233 g/mol. The van der Waals surface area contributed by atoms with Crippen molar-refractivity contribution in [3.05, 3.63) is 42.1 Å². The van der Waals surface area contributed by atoms with E-state index in [0.29, 0.717) is 24.3 Å². The summed E-state index contributed by atoms with van der Waals surface area (Å²) < 4.78 is 6.88. The first-order valence-electron chi connectivity index (χ1n) is 5.39. The summed E-state index contributed by atoms with van der Waals surface area (Å²) in [5.74, 6) is 0.729. The maximum absolute atomic E-state index is 11.8. The van der Waals surface area contributed by atoms with Crippen LogP contribution in [0.15, 0.2) is 35.1 Å². The highest BCUT2D eigenvalue weighted by molar-refractivity contribution is 5.93. The maximum Gasteiger partial charge on any atom is 0.267 e. The molecule has 0 radical (unpaired) electrons. The van der Waals surface area contributed by atoms with Gasteiger partial charge in [-0.2, -0.15) is 0 Å². The lowest BCUT2D eigenvalue weighted by Gasteiger charge is -2.04. The predicted octanol–water partition coefficient (Wildman–Crippen LogP) is 1.17. The minimum Gasteiger partial charge on any atom is -0.469 e. The molecular formula is C12H15N3O2. The van der Waals surface area contributed by atoms with Crippen LogP contribution in [-0.2, 0) is 13.5 Å². The first kappa shape index (κ1) is 11.3. The molecule has 0 saturated heterocycles. The molecule has 5 nitrogen and oxygen atoms in total. The van der Waals surface area contributed by atoms with E-state index in [-0.39, 0.29) is 5.91 Å². The van der Waals surface area contributed by atoms with E-state index in [1.165, 1.54) is 0 Å². The molecule has 1 amide bonds. The standard InChI is InChI=1S/C12H15N3O2/c1-15-8-9(13)7-11(15)12(16)14-5-4-10-3-2-6-17-10/h2-3,6-8H,4-5,13H2,1H3,(H,14,16). The van der Waals surface area contributed by atoms with Crippen molar-refractivity contribution < 1.29 is 9.21 Å². The number of nitrogens with two attached hydrogens (primary N) is 1. The van der Waals surface area contributed by atoms with Gasteiger partial charge in [-0.1, -0.05) is 0 Å². The van der Waals surface area contributed by atoms with Crippen LogP contribution in [0.3, 0.4) is 0 Å². The Morgan fingerprint density at radius 3 is 3.00 bits per heavy atom. The molecule has 2 heterocycles. The molecule has 0 aliphatic heterocycles. The minimum absolute atomic E-state index is 0.129. The molecule has 90 valence electrons. The Kier molecular flexibility index (Phi) is 3.18. The Morgan fingerprint density at radius 2 is 2.41 bits per heavy atom. The topological polar surface area (TPSA) is 73.2 Å². The third kappa shape index (κ3) is 2.69. The van der Waals surface area contributed by atoms with Crippen LogP contribution in [0.1, 0.15) is 16.2 Å². The Balaban J connectivity index is 1.87. The lowest BCUT2D eigenvalue weighted by atomic mass is 10.3. The van der Waals surface area contributed by atoms with Crippen LogP contribution in [0.4, 0.5) is 5.69 Å². The molecular weight excluding hydrogens is 218 g/mol. The van der Waals surface area contributed by atoms with E-state index < -0.39 is 0 Å². The van der Waals surface area contributed by atoms with Crippen molar-refractivity contribution in [3.63, 3.8) is 0 Å². The smallest absolute Gasteiger partial charge is 0.267 e. The average Bonchev–Trinajstić information content (AvgIpc) is 2.88.